The van der Waals surface area contributed by atoms with E-state index in [9.17, 15) is 44.7 Å². The van der Waals surface area contributed by atoms with Crippen molar-refractivity contribution in [2.75, 3.05) is 0 Å². The summed E-state index contributed by atoms with van der Waals surface area (Å²) in [5.74, 6) is -17.3. The van der Waals surface area contributed by atoms with Gasteiger partial charge in [0.25, 0.3) is 0 Å². The first-order chi connectivity index (χ1) is 6.69. The number of rotatable bonds is 4. The van der Waals surface area contributed by atoms with E-state index in [1.54, 1.807) is 0 Å². The number of carboxylic acid groups (broad SMARTS) is 1. The topological polar surface area (TPSA) is 94.5 Å². The number of hydrogen-bond acceptors (Lipinski definition) is 4. The Labute approximate surface area is 83.4 Å². The van der Waals surface area contributed by atoms with Crippen LogP contribution in [0.1, 0.15) is 0 Å². The Morgan fingerprint density at radius 1 is 1.06 bits per heavy atom. The first-order valence-electron chi connectivity index (χ1n) is 3.01. The fraction of sp³-hybridized carbons (Fsp3) is 0.750. The minimum absolute atomic E-state index is 3.92. The lowest BCUT2D eigenvalue weighted by atomic mass is 10.2. The van der Waals surface area contributed by atoms with Gasteiger partial charge in [0.15, 0.2) is 0 Å². The van der Waals surface area contributed by atoms with E-state index in [1.165, 1.54) is 0 Å². The van der Waals surface area contributed by atoms with Crippen molar-refractivity contribution in [2.45, 2.75) is 17.1 Å². The van der Waals surface area contributed by atoms with Crippen LogP contribution in [-0.2, 0) is 14.9 Å². The Bertz CT molecular complexity index is 399. The maximum atomic E-state index is 12.3. The van der Waals surface area contributed by atoms with E-state index in [4.69, 9.17) is 4.55 Å². The van der Waals surface area contributed by atoms with Crippen molar-refractivity contribution in [3.63, 3.8) is 0 Å². The molecule has 16 heavy (non-hydrogen) atoms. The maximum absolute atomic E-state index is 12.3. The average Bonchev–Trinajstić information content (AvgIpc) is 2.00. The summed E-state index contributed by atoms with van der Waals surface area (Å²) >= 11 is 0. The third kappa shape index (κ3) is 1.81. The van der Waals surface area contributed by atoms with Crippen LogP contribution in [0.4, 0.5) is 26.3 Å². The van der Waals surface area contributed by atoms with Gasteiger partial charge in [0.1, 0.15) is 5.97 Å². The summed E-state index contributed by atoms with van der Waals surface area (Å²) in [6.45, 7) is 0. The SMILES string of the molecule is O=C([O-])C(F)(F)C(F)(F)C(F)(F)S(=O)(=O)O. The zero-order valence-corrected chi connectivity index (χ0v) is 7.57. The van der Waals surface area contributed by atoms with Crippen molar-refractivity contribution < 1.29 is 49.2 Å². The molecule has 1 N–H and O–H groups in total. The average molecular weight is 275 g/mol. The number of carboxylic acids is 1. The largest absolute Gasteiger partial charge is 0.544 e. The molecule has 0 saturated carbocycles. The maximum Gasteiger partial charge on any atom is 0.438 e. The third-order valence-corrected chi connectivity index (χ3v) is 2.24. The standard InChI is InChI=1S/C4H2F6O5S/c5-2(6,1(11)12)3(7,8)4(9,10)16(13,14)15/h(H,11,12)(H,13,14,15)/p-1. The van der Waals surface area contributed by atoms with E-state index >= 15 is 0 Å². The van der Waals surface area contributed by atoms with Gasteiger partial charge in [0.2, 0.25) is 0 Å². The predicted molar refractivity (Wildman–Crippen MR) is 31.4 cm³/mol. The van der Waals surface area contributed by atoms with Gasteiger partial charge in [-0.1, -0.05) is 0 Å². The second kappa shape index (κ2) is 3.48. The van der Waals surface area contributed by atoms with Crippen LogP contribution in [0.2, 0.25) is 0 Å². The van der Waals surface area contributed by atoms with Crippen molar-refractivity contribution in [3.05, 3.63) is 0 Å². The van der Waals surface area contributed by atoms with Crippen LogP contribution in [0.5, 0.6) is 0 Å². The quantitative estimate of drug-likeness (QED) is 0.550. The van der Waals surface area contributed by atoms with Gasteiger partial charge < -0.3 is 9.90 Å². The van der Waals surface area contributed by atoms with E-state index in [0.29, 0.717) is 0 Å². The molecule has 0 unspecified atom stereocenters. The van der Waals surface area contributed by atoms with E-state index in [-0.39, 0.29) is 0 Å². The van der Waals surface area contributed by atoms with Crippen LogP contribution in [0.25, 0.3) is 0 Å². The molecule has 0 amide bonds. The second-order valence-electron chi connectivity index (χ2n) is 2.43. The highest BCUT2D eigenvalue weighted by Gasteiger charge is 2.78. The van der Waals surface area contributed by atoms with Gasteiger partial charge in [0, 0.05) is 0 Å². The van der Waals surface area contributed by atoms with Gasteiger partial charge in [-0.15, -0.1) is 0 Å². The predicted octanol–water partition coefficient (Wildman–Crippen LogP) is -0.513. The Morgan fingerprint density at radius 2 is 1.38 bits per heavy atom. The second-order valence-corrected chi connectivity index (χ2v) is 3.89. The molecule has 0 aliphatic heterocycles. The number of carbonyl (C=O) groups is 1. The molecule has 0 aliphatic rings. The molecule has 0 spiro atoms. The van der Waals surface area contributed by atoms with E-state index < -0.39 is 33.2 Å². The van der Waals surface area contributed by atoms with Crippen LogP contribution in [-0.4, -0.2) is 36.0 Å². The minimum Gasteiger partial charge on any atom is -0.544 e. The minimum atomic E-state index is -6.93. The first-order valence-corrected chi connectivity index (χ1v) is 4.45. The Kier molecular flexibility index (Phi) is 3.25. The van der Waals surface area contributed by atoms with Crippen molar-refractivity contribution in [3.8, 4) is 0 Å². The molecule has 0 heterocycles. The molecule has 5 nitrogen and oxygen atoms in total. The van der Waals surface area contributed by atoms with Crippen LogP contribution in [0.15, 0.2) is 0 Å². The summed E-state index contributed by atoms with van der Waals surface area (Å²) in [6, 6.07) is 0. The van der Waals surface area contributed by atoms with Crippen LogP contribution in [0.3, 0.4) is 0 Å². The Morgan fingerprint density at radius 3 is 1.56 bits per heavy atom. The van der Waals surface area contributed by atoms with Gasteiger partial charge in [-0.3, -0.25) is 4.55 Å². The first kappa shape index (κ1) is 15.0. The van der Waals surface area contributed by atoms with Gasteiger partial charge in [-0.05, 0) is 0 Å². The highest BCUT2D eigenvalue weighted by atomic mass is 32.2. The summed E-state index contributed by atoms with van der Waals surface area (Å²) in [4.78, 5) is 9.49. The molecular weight excluding hydrogens is 274 g/mol. The molecule has 0 bridgehead atoms. The zero-order chi connectivity index (χ0) is 13.6. The lowest BCUT2D eigenvalue weighted by Gasteiger charge is -2.30. The normalized spacial score (nSPS) is 14.9. The monoisotopic (exact) mass is 275 g/mol. The molecule has 0 aromatic heterocycles. The molecule has 12 heteroatoms. The van der Waals surface area contributed by atoms with Gasteiger partial charge in [-0.2, -0.15) is 34.8 Å². The lowest BCUT2D eigenvalue weighted by Crippen LogP contribution is -2.63. The van der Waals surface area contributed by atoms with Crippen LogP contribution >= 0.6 is 0 Å². The van der Waals surface area contributed by atoms with E-state index in [0.717, 1.165) is 0 Å². The summed E-state index contributed by atoms with van der Waals surface area (Å²) in [5.41, 5.74) is 0. The third-order valence-electron chi connectivity index (χ3n) is 1.34. The molecule has 0 aliphatic carbocycles. The van der Waals surface area contributed by atoms with Crippen molar-refractivity contribution in [1.29, 1.82) is 0 Å². The molecule has 0 aromatic rings. The number of aliphatic carboxylic acids is 1. The molecule has 0 saturated heterocycles. The number of halogens is 6. The smallest absolute Gasteiger partial charge is 0.438 e. The summed E-state index contributed by atoms with van der Waals surface area (Å²) in [7, 11) is -6.93. The highest BCUT2D eigenvalue weighted by molar-refractivity contribution is 7.87. The van der Waals surface area contributed by atoms with Crippen LogP contribution in [0, 0.1) is 0 Å². The molecule has 0 rings (SSSR count). The van der Waals surface area contributed by atoms with Crippen LogP contribution < -0.4 is 5.11 Å². The fourth-order valence-electron chi connectivity index (χ4n) is 0.473. The number of hydrogen-bond donors (Lipinski definition) is 1. The van der Waals surface area contributed by atoms with Crippen molar-refractivity contribution in [1.82, 2.24) is 0 Å². The number of alkyl halides is 6. The zero-order valence-electron chi connectivity index (χ0n) is 6.76. The van der Waals surface area contributed by atoms with E-state index in [2.05, 4.69) is 0 Å². The Hall–Kier alpha value is -1.04. The lowest BCUT2D eigenvalue weighted by molar-refractivity contribution is -0.361. The molecule has 0 radical (unpaired) electrons. The molecule has 96 valence electrons. The molecule has 0 aromatic carbocycles. The van der Waals surface area contributed by atoms with Gasteiger partial charge in [0.05, 0.1) is 0 Å². The summed E-state index contributed by atoms with van der Waals surface area (Å²) in [5, 5.41) is 2.81. The molecule has 0 fully saturated rings. The van der Waals surface area contributed by atoms with Gasteiger partial charge >= 0.3 is 27.2 Å². The fourth-order valence-corrected chi connectivity index (χ4v) is 0.925. The number of carbonyl (C=O) groups excluding carboxylic acids is 1. The summed E-state index contributed by atoms with van der Waals surface area (Å²) < 4.78 is 100. The molecular formula is C4HF6O5S-. The van der Waals surface area contributed by atoms with Gasteiger partial charge in [-0.25, -0.2) is 0 Å². The molecule has 0 atom stereocenters. The van der Waals surface area contributed by atoms with E-state index in [1.807, 2.05) is 0 Å². The summed E-state index contributed by atoms with van der Waals surface area (Å²) in [6.07, 6.45) is 0. The Balaban J connectivity index is 5.82. The van der Waals surface area contributed by atoms with Crippen molar-refractivity contribution in [2.24, 2.45) is 0 Å². The van der Waals surface area contributed by atoms with Crippen molar-refractivity contribution >= 4 is 16.1 Å². The highest BCUT2D eigenvalue weighted by Crippen LogP contribution is 2.47.